The Kier molecular flexibility index (Phi) is 7.05. The van der Waals surface area contributed by atoms with Gasteiger partial charge < -0.3 is 18.6 Å². The lowest BCUT2D eigenvalue weighted by atomic mass is 10.1. The zero-order valence-corrected chi connectivity index (χ0v) is 17.2. The van der Waals surface area contributed by atoms with Crippen LogP contribution in [-0.4, -0.2) is 38.9 Å². The van der Waals surface area contributed by atoms with Gasteiger partial charge in [0.05, 0.1) is 20.4 Å². The van der Waals surface area contributed by atoms with Gasteiger partial charge in [0, 0.05) is 10.9 Å². The third kappa shape index (κ3) is 5.30. The fraction of sp³-hybridized carbons (Fsp3) is 0.174. The monoisotopic (exact) mass is 422 g/mol. The zero-order valence-electron chi connectivity index (χ0n) is 17.2. The predicted molar refractivity (Wildman–Crippen MR) is 116 cm³/mol. The van der Waals surface area contributed by atoms with Crippen molar-refractivity contribution in [2.24, 2.45) is 5.10 Å². The lowest BCUT2D eigenvalue weighted by Gasteiger charge is -2.15. The van der Waals surface area contributed by atoms with Crippen LogP contribution in [-0.2, 0) is 16.0 Å². The number of fused-ring (bicyclic) bond motifs is 1. The maximum absolute atomic E-state index is 12.3. The van der Waals surface area contributed by atoms with Gasteiger partial charge in [-0.2, -0.15) is 5.10 Å². The largest absolute Gasteiger partial charge is 0.493 e. The van der Waals surface area contributed by atoms with E-state index in [1.54, 1.807) is 30.3 Å². The lowest BCUT2D eigenvalue weighted by molar-refractivity contribution is -0.142. The second-order valence-corrected chi connectivity index (χ2v) is 6.42. The Labute approximate surface area is 179 Å². The molecule has 0 radical (unpaired) electrons. The van der Waals surface area contributed by atoms with Gasteiger partial charge in [0.15, 0.2) is 23.9 Å². The highest BCUT2D eigenvalue weighted by Crippen LogP contribution is 2.33. The minimum Gasteiger partial charge on any atom is -0.493 e. The predicted octanol–water partition coefficient (Wildman–Crippen LogP) is 3.49. The second kappa shape index (κ2) is 10.1. The van der Waals surface area contributed by atoms with Crippen molar-refractivity contribution in [1.82, 2.24) is 5.43 Å². The Morgan fingerprint density at radius 1 is 1.19 bits per heavy atom. The molecule has 0 aliphatic carbocycles. The maximum atomic E-state index is 12.3. The molecule has 8 heteroatoms. The zero-order chi connectivity index (χ0) is 22.2. The summed E-state index contributed by atoms with van der Waals surface area (Å²) in [7, 11) is 2.77. The summed E-state index contributed by atoms with van der Waals surface area (Å²) in [6.07, 6.45) is 3.64. The fourth-order valence-electron chi connectivity index (χ4n) is 2.89. The van der Waals surface area contributed by atoms with Crippen LogP contribution in [0.5, 0.6) is 11.5 Å². The van der Waals surface area contributed by atoms with E-state index in [0.29, 0.717) is 29.1 Å². The molecule has 2 aromatic carbocycles. The Morgan fingerprint density at radius 2 is 2.00 bits per heavy atom. The first-order chi connectivity index (χ1) is 15.0. The quantitative estimate of drug-likeness (QED) is 0.245. The Bertz CT molecular complexity index is 1100. The molecule has 0 unspecified atom stereocenters. The molecule has 1 amide bonds. The normalized spacial score (nSPS) is 10.8. The van der Waals surface area contributed by atoms with Gasteiger partial charge in [-0.15, -0.1) is 6.58 Å². The van der Waals surface area contributed by atoms with Crippen LogP contribution in [0.2, 0.25) is 0 Å². The summed E-state index contributed by atoms with van der Waals surface area (Å²) in [6.45, 7) is 3.49. The summed E-state index contributed by atoms with van der Waals surface area (Å²) in [5.74, 6) is 0.00807. The van der Waals surface area contributed by atoms with E-state index < -0.39 is 11.9 Å². The van der Waals surface area contributed by atoms with Gasteiger partial charge in [0.1, 0.15) is 5.58 Å². The molecule has 0 aliphatic heterocycles. The number of para-hydroxylation sites is 1. The average molecular weight is 422 g/mol. The van der Waals surface area contributed by atoms with E-state index in [9.17, 15) is 9.59 Å². The molecule has 0 saturated heterocycles. The topological polar surface area (TPSA) is 99.4 Å². The third-order valence-corrected chi connectivity index (χ3v) is 4.33. The van der Waals surface area contributed by atoms with E-state index in [2.05, 4.69) is 21.8 Å². The number of esters is 1. The number of hydrogen-bond donors (Lipinski definition) is 1. The molecule has 0 spiro atoms. The van der Waals surface area contributed by atoms with Crippen LogP contribution >= 0.6 is 0 Å². The van der Waals surface area contributed by atoms with E-state index in [-0.39, 0.29) is 12.4 Å². The number of carbonyl (C=O) groups is 2. The SMILES string of the molecule is C=CCc1cc(/C=N/NC(=O)c2cc3ccccc3o2)cc(OC)c1OCC(=O)OC. The first-order valence-corrected chi connectivity index (χ1v) is 9.39. The number of hydrogen-bond acceptors (Lipinski definition) is 7. The molecular formula is C23H22N2O6. The summed E-state index contributed by atoms with van der Waals surface area (Å²) >= 11 is 0. The number of ether oxygens (including phenoxy) is 3. The van der Waals surface area contributed by atoms with Gasteiger partial charge in [-0.25, -0.2) is 10.2 Å². The van der Waals surface area contributed by atoms with E-state index in [4.69, 9.17) is 13.9 Å². The molecule has 3 aromatic rings. The molecule has 8 nitrogen and oxygen atoms in total. The summed E-state index contributed by atoms with van der Waals surface area (Å²) in [4.78, 5) is 23.7. The first kappa shape index (κ1) is 21.6. The Balaban J connectivity index is 1.77. The highest BCUT2D eigenvalue weighted by molar-refractivity contribution is 5.96. The standard InChI is InChI=1S/C23H22N2O6/c1-4-7-17-10-15(11-19(28-2)22(17)30-14-21(26)29-3)13-24-25-23(27)20-12-16-8-5-6-9-18(16)31-20/h4-6,8-13H,1,7,14H2,2-3H3,(H,25,27)/b24-13+. The minimum absolute atomic E-state index is 0.162. The number of allylic oxidation sites excluding steroid dienone is 1. The van der Waals surface area contributed by atoms with Gasteiger partial charge in [0.25, 0.3) is 0 Å². The fourth-order valence-corrected chi connectivity index (χ4v) is 2.89. The number of benzene rings is 2. The van der Waals surface area contributed by atoms with E-state index in [1.165, 1.54) is 20.4 Å². The first-order valence-electron chi connectivity index (χ1n) is 9.39. The molecule has 0 fully saturated rings. The van der Waals surface area contributed by atoms with Crippen molar-refractivity contribution in [3.8, 4) is 11.5 Å². The molecule has 0 aliphatic rings. The van der Waals surface area contributed by atoms with Gasteiger partial charge in [-0.3, -0.25) is 4.79 Å². The summed E-state index contributed by atoms with van der Waals surface area (Å²) in [5, 5.41) is 4.83. The molecule has 1 N–H and O–H groups in total. The van der Waals surface area contributed by atoms with Crippen LogP contribution in [0.25, 0.3) is 11.0 Å². The van der Waals surface area contributed by atoms with E-state index >= 15 is 0 Å². The van der Waals surface area contributed by atoms with Gasteiger partial charge in [-0.1, -0.05) is 24.3 Å². The van der Waals surface area contributed by atoms with Crippen LogP contribution < -0.4 is 14.9 Å². The van der Waals surface area contributed by atoms with Crippen LogP contribution in [0, 0.1) is 0 Å². The van der Waals surface area contributed by atoms with Crippen molar-refractivity contribution in [3.05, 3.63) is 72.0 Å². The number of hydrazone groups is 1. The van der Waals surface area contributed by atoms with Crippen molar-refractivity contribution < 1.29 is 28.2 Å². The minimum atomic E-state index is -0.509. The van der Waals surface area contributed by atoms with Crippen molar-refractivity contribution in [1.29, 1.82) is 0 Å². The number of amides is 1. The third-order valence-electron chi connectivity index (χ3n) is 4.33. The van der Waals surface area contributed by atoms with Crippen molar-refractivity contribution in [3.63, 3.8) is 0 Å². The second-order valence-electron chi connectivity index (χ2n) is 6.42. The molecule has 3 rings (SSSR count). The molecule has 0 bridgehead atoms. The molecule has 1 aromatic heterocycles. The summed E-state index contributed by atoms with van der Waals surface area (Å²) < 4.78 is 21.1. The molecule has 0 saturated carbocycles. The molecule has 1 heterocycles. The van der Waals surface area contributed by atoms with Gasteiger partial charge >= 0.3 is 11.9 Å². The summed E-state index contributed by atoms with van der Waals surface area (Å²) in [5.41, 5.74) is 4.46. The number of carbonyl (C=O) groups excluding carboxylic acids is 2. The average Bonchev–Trinajstić information content (AvgIpc) is 3.22. The highest BCUT2D eigenvalue weighted by Gasteiger charge is 2.15. The Hall–Kier alpha value is -4.07. The van der Waals surface area contributed by atoms with Gasteiger partial charge in [-0.05, 0) is 36.2 Å². The van der Waals surface area contributed by atoms with Crippen molar-refractivity contribution in [2.75, 3.05) is 20.8 Å². The Morgan fingerprint density at radius 3 is 2.71 bits per heavy atom. The number of rotatable bonds is 9. The van der Waals surface area contributed by atoms with E-state index in [0.717, 1.165) is 10.9 Å². The van der Waals surface area contributed by atoms with Crippen LogP contribution in [0.15, 0.2) is 64.6 Å². The maximum Gasteiger partial charge on any atom is 0.343 e. The number of furan rings is 1. The smallest absolute Gasteiger partial charge is 0.343 e. The van der Waals surface area contributed by atoms with Crippen molar-refractivity contribution in [2.45, 2.75) is 6.42 Å². The number of methoxy groups -OCH3 is 2. The molecule has 0 atom stereocenters. The number of nitrogens with one attached hydrogen (secondary N) is 1. The van der Waals surface area contributed by atoms with E-state index in [1.807, 2.05) is 18.2 Å². The lowest BCUT2D eigenvalue weighted by Crippen LogP contribution is -2.16. The van der Waals surface area contributed by atoms with Crippen LogP contribution in [0.4, 0.5) is 0 Å². The van der Waals surface area contributed by atoms with Crippen LogP contribution in [0.3, 0.4) is 0 Å². The molecule has 31 heavy (non-hydrogen) atoms. The number of nitrogens with zero attached hydrogens (tertiary/aromatic N) is 1. The summed E-state index contributed by atoms with van der Waals surface area (Å²) in [6, 6.07) is 12.5. The molecular weight excluding hydrogens is 400 g/mol. The van der Waals surface area contributed by atoms with Crippen LogP contribution in [0.1, 0.15) is 21.7 Å². The molecule has 160 valence electrons. The van der Waals surface area contributed by atoms with Crippen molar-refractivity contribution >= 4 is 29.1 Å². The highest BCUT2D eigenvalue weighted by atomic mass is 16.6. The van der Waals surface area contributed by atoms with Gasteiger partial charge in [0.2, 0.25) is 0 Å².